The van der Waals surface area contributed by atoms with Crippen LogP contribution in [0.5, 0.6) is 0 Å². The number of nitrogens with zero attached hydrogens (tertiary/aromatic N) is 4. The molecule has 2 saturated heterocycles. The van der Waals surface area contributed by atoms with Gasteiger partial charge in [0.1, 0.15) is 0 Å². The number of benzene rings is 1. The maximum Gasteiger partial charge on any atom is 0.236 e. The first-order valence-corrected chi connectivity index (χ1v) is 10.7. The molecular formula is C20H30Cl2N4O. The summed E-state index contributed by atoms with van der Waals surface area (Å²) < 4.78 is 0. The Morgan fingerprint density at radius 2 is 1.67 bits per heavy atom. The summed E-state index contributed by atoms with van der Waals surface area (Å²) in [7, 11) is 0. The minimum Gasteiger partial charge on any atom is -0.369 e. The van der Waals surface area contributed by atoms with E-state index in [1.165, 1.54) is 0 Å². The van der Waals surface area contributed by atoms with E-state index in [4.69, 9.17) is 23.2 Å². The number of halogens is 2. The van der Waals surface area contributed by atoms with Crippen LogP contribution >= 0.6 is 23.2 Å². The van der Waals surface area contributed by atoms with Crippen molar-refractivity contribution in [2.45, 2.75) is 26.3 Å². The van der Waals surface area contributed by atoms with Crippen molar-refractivity contribution in [3.8, 4) is 0 Å². The fourth-order valence-corrected chi connectivity index (χ4v) is 4.10. The number of hydrogen-bond donors (Lipinski definition) is 0. The Morgan fingerprint density at radius 3 is 2.26 bits per heavy atom. The molecule has 1 aromatic carbocycles. The predicted octanol–water partition coefficient (Wildman–Crippen LogP) is 3.06. The Hall–Kier alpha value is -1.01. The fourth-order valence-electron chi connectivity index (χ4n) is 3.81. The summed E-state index contributed by atoms with van der Waals surface area (Å²) >= 11 is 12.1. The molecule has 27 heavy (non-hydrogen) atoms. The van der Waals surface area contributed by atoms with Crippen LogP contribution in [0.3, 0.4) is 0 Å². The second kappa shape index (κ2) is 9.46. The van der Waals surface area contributed by atoms with Crippen LogP contribution in [0.2, 0.25) is 10.0 Å². The number of anilines is 1. The maximum absolute atomic E-state index is 12.7. The molecule has 5 nitrogen and oxygen atoms in total. The van der Waals surface area contributed by atoms with Crippen molar-refractivity contribution in [1.82, 2.24) is 14.7 Å². The van der Waals surface area contributed by atoms with Crippen LogP contribution in [0.4, 0.5) is 5.69 Å². The van der Waals surface area contributed by atoms with E-state index in [0.717, 1.165) is 64.5 Å². The molecule has 1 unspecified atom stereocenters. The normalized spacial score (nSPS) is 20.7. The van der Waals surface area contributed by atoms with Gasteiger partial charge >= 0.3 is 0 Å². The quantitative estimate of drug-likeness (QED) is 0.743. The van der Waals surface area contributed by atoms with E-state index in [9.17, 15) is 4.79 Å². The summed E-state index contributed by atoms with van der Waals surface area (Å²) in [5.41, 5.74) is 1.09. The lowest BCUT2D eigenvalue weighted by atomic mass is 10.2. The molecule has 2 aliphatic rings. The summed E-state index contributed by atoms with van der Waals surface area (Å²) in [5.74, 6) is 0.266. The second-order valence-corrected chi connectivity index (χ2v) is 8.35. The maximum atomic E-state index is 12.7. The van der Waals surface area contributed by atoms with Gasteiger partial charge in [-0.1, -0.05) is 30.1 Å². The van der Waals surface area contributed by atoms with Crippen LogP contribution in [0.1, 0.15) is 20.3 Å². The Kier molecular flexibility index (Phi) is 7.26. The Labute approximate surface area is 172 Å². The van der Waals surface area contributed by atoms with Crippen LogP contribution in [-0.2, 0) is 4.79 Å². The highest BCUT2D eigenvalue weighted by Crippen LogP contribution is 2.27. The molecule has 0 saturated carbocycles. The van der Waals surface area contributed by atoms with Gasteiger partial charge in [0.25, 0.3) is 0 Å². The Morgan fingerprint density at radius 1 is 1.00 bits per heavy atom. The zero-order chi connectivity index (χ0) is 19.4. The molecule has 2 aliphatic heterocycles. The van der Waals surface area contributed by atoms with Gasteiger partial charge in [0.2, 0.25) is 5.91 Å². The van der Waals surface area contributed by atoms with E-state index in [1.807, 2.05) is 23.1 Å². The monoisotopic (exact) mass is 412 g/mol. The number of amides is 1. The third-order valence-electron chi connectivity index (χ3n) is 5.88. The first-order valence-electron chi connectivity index (χ1n) is 9.92. The van der Waals surface area contributed by atoms with Gasteiger partial charge in [-0.2, -0.15) is 0 Å². The molecule has 1 aromatic rings. The van der Waals surface area contributed by atoms with Crippen molar-refractivity contribution in [3.05, 3.63) is 28.2 Å². The summed E-state index contributed by atoms with van der Waals surface area (Å²) in [6.07, 6.45) is 1.16. The van der Waals surface area contributed by atoms with E-state index in [2.05, 4.69) is 28.5 Å². The summed E-state index contributed by atoms with van der Waals surface area (Å²) in [5, 5.41) is 1.17. The Bertz CT molecular complexity index is 641. The highest BCUT2D eigenvalue weighted by molar-refractivity contribution is 6.42. The first kappa shape index (κ1) is 20.7. The first-order chi connectivity index (χ1) is 13.0. The third kappa shape index (κ3) is 5.29. The average molecular weight is 413 g/mol. The molecular weight excluding hydrogens is 383 g/mol. The minimum atomic E-state index is 0.266. The van der Waals surface area contributed by atoms with Gasteiger partial charge in [-0.05, 0) is 31.5 Å². The summed E-state index contributed by atoms with van der Waals surface area (Å²) in [6.45, 7) is 12.3. The lowest BCUT2D eigenvalue weighted by Crippen LogP contribution is -2.55. The van der Waals surface area contributed by atoms with Crippen molar-refractivity contribution in [2.24, 2.45) is 0 Å². The van der Waals surface area contributed by atoms with Crippen molar-refractivity contribution in [2.75, 3.05) is 63.8 Å². The molecule has 0 aliphatic carbocycles. The molecule has 0 bridgehead atoms. The van der Waals surface area contributed by atoms with Gasteiger partial charge in [0.05, 0.1) is 16.6 Å². The van der Waals surface area contributed by atoms with Crippen LogP contribution in [0.25, 0.3) is 0 Å². The van der Waals surface area contributed by atoms with Crippen molar-refractivity contribution in [3.63, 3.8) is 0 Å². The van der Waals surface area contributed by atoms with Crippen LogP contribution in [0.15, 0.2) is 18.2 Å². The molecule has 7 heteroatoms. The Balaban J connectivity index is 1.44. The molecule has 0 spiro atoms. The van der Waals surface area contributed by atoms with Gasteiger partial charge in [-0.25, -0.2) is 0 Å². The average Bonchev–Trinajstić information content (AvgIpc) is 2.70. The van der Waals surface area contributed by atoms with Gasteiger partial charge in [0.15, 0.2) is 0 Å². The van der Waals surface area contributed by atoms with Crippen LogP contribution in [-0.4, -0.2) is 85.6 Å². The largest absolute Gasteiger partial charge is 0.369 e. The minimum absolute atomic E-state index is 0.266. The zero-order valence-corrected chi connectivity index (χ0v) is 17.8. The molecule has 1 atom stereocenters. The second-order valence-electron chi connectivity index (χ2n) is 7.54. The summed E-state index contributed by atoms with van der Waals surface area (Å²) in [4.78, 5) is 21.7. The predicted molar refractivity (Wildman–Crippen MR) is 113 cm³/mol. The molecule has 150 valence electrons. The molecule has 2 fully saturated rings. The van der Waals surface area contributed by atoms with E-state index in [1.54, 1.807) is 0 Å². The molecule has 1 amide bonds. The molecule has 0 radical (unpaired) electrons. The topological polar surface area (TPSA) is 30.0 Å². The van der Waals surface area contributed by atoms with Gasteiger partial charge in [-0.15, -0.1) is 0 Å². The molecule has 0 N–H and O–H groups in total. The lowest BCUT2D eigenvalue weighted by Gasteiger charge is -2.40. The number of carbonyl (C=O) groups excluding carboxylic acids is 1. The van der Waals surface area contributed by atoms with E-state index < -0.39 is 0 Å². The van der Waals surface area contributed by atoms with Crippen molar-refractivity contribution < 1.29 is 4.79 Å². The van der Waals surface area contributed by atoms with Crippen molar-refractivity contribution in [1.29, 1.82) is 0 Å². The smallest absolute Gasteiger partial charge is 0.236 e. The van der Waals surface area contributed by atoms with E-state index in [0.29, 0.717) is 22.6 Å². The number of carbonyl (C=O) groups is 1. The standard InChI is InChI=1S/C20H30Cl2N4O/c1-3-16(2)24-10-12-26(13-11-24)20(27)15-23-6-8-25(9-7-23)17-4-5-18(21)19(22)14-17/h4-5,14,16H,3,6-13,15H2,1-2H3. The SMILES string of the molecule is CCC(C)N1CCN(C(=O)CN2CCN(c3ccc(Cl)c(Cl)c3)CC2)CC1. The fraction of sp³-hybridized carbons (Fsp3) is 0.650. The highest BCUT2D eigenvalue weighted by Gasteiger charge is 2.26. The number of rotatable bonds is 5. The summed E-state index contributed by atoms with van der Waals surface area (Å²) in [6, 6.07) is 6.37. The lowest BCUT2D eigenvalue weighted by molar-refractivity contribution is -0.134. The zero-order valence-electron chi connectivity index (χ0n) is 16.3. The van der Waals surface area contributed by atoms with Gasteiger partial charge < -0.3 is 9.80 Å². The van der Waals surface area contributed by atoms with Gasteiger partial charge in [-0.3, -0.25) is 14.6 Å². The molecule has 0 aromatic heterocycles. The third-order valence-corrected chi connectivity index (χ3v) is 6.62. The van der Waals surface area contributed by atoms with E-state index >= 15 is 0 Å². The highest BCUT2D eigenvalue weighted by atomic mass is 35.5. The molecule has 2 heterocycles. The molecule has 3 rings (SSSR count). The van der Waals surface area contributed by atoms with Crippen LogP contribution < -0.4 is 4.90 Å². The van der Waals surface area contributed by atoms with Crippen molar-refractivity contribution >= 4 is 34.8 Å². The number of piperazine rings is 2. The number of hydrogen-bond acceptors (Lipinski definition) is 4. The van der Waals surface area contributed by atoms with E-state index in [-0.39, 0.29) is 5.91 Å². The van der Waals surface area contributed by atoms with Gasteiger partial charge in [0, 0.05) is 64.1 Å². The van der Waals surface area contributed by atoms with Crippen LogP contribution in [0, 0.1) is 0 Å².